The van der Waals surface area contributed by atoms with Crippen molar-refractivity contribution in [2.75, 3.05) is 0 Å². The first-order chi connectivity index (χ1) is 10.2. The highest BCUT2D eigenvalue weighted by atomic mass is 19.1. The van der Waals surface area contributed by atoms with Crippen molar-refractivity contribution in [2.24, 2.45) is 0 Å². The van der Waals surface area contributed by atoms with Gasteiger partial charge in [-0.3, -0.25) is 4.57 Å². The van der Waals surface area contributed by atoms with E-state index in [1.807, 2.05) is 30.3 Å². The van der Waals surface area contributed by atoms with Gasteiger partial charge < -0.3 is 0 Å². The van der Waals surface area contributed by atoms with Gasteiger partial charge in [0.1, 0.15) is 6.33 Å². The summed E-state index contributed by atoms with van der Waals surface area (Å²) in [6.07, 6.45) is 1.57. The lowest BCUT2D eigenvalue weighted by molar-refractivity contribution is 0.328. The van der Waals surface area contributed by atoms with E-state index in [1.165, 1.54) is 10.9 Å². The predicted molar refractivity (Wildman–Crippen MR) is 70.1 cm³/mol. The molecular weight excluding hydrogens is 276 g/mol. The second kappa shape index (κ2) is 4.47. The normalized spacial score (nSPS) is 20.7. The van der Waals surface area contributed by atoms with Crippen LogP contribution in [0.4, 0.5) is 8.78 Å². The number of benzene rings is 1. The quantitative estimate of drug-likeness (QED) is 0.728. The molecule has 21 heavy (non-hydrogen) atoms. The third-order valence-electron chi connectivity index (χ3n) is 3.62. The molecule has 106 valence electrons. The van der Waals surface area contributed by atoms with Crippen molar-refractivity contribution in [1.82, 2.24) is 24.3 Å². The highest BCUT2D eigenvalue weighted by molar-refractivity contribution is 5.25. The largest absolute Gasteiger partial charge is 0.270 e. The molecular formula is C14H11F2N5. The molecule has 1 aromatic carbocycles. The number of imidazole rings is 1. The molecule has 0 amide bonds. The lowest BCUT2D eigenvalue weighted by Crippen LogP contribution is -2.08. The van der Waals surface area contributed by atoms with Crippen molar-refractivity contribution in [3.8, 4) is 5.95 Å². The first-order valence-electron chi connectivity index (χ1n) is 6.57. The summed E-state index contributed by atoms with van der Waals surface area (Å²) in [5.41, 5.74) is 0.979. The highest BCUT2D eigenvalue weighted by Crippen LogP contribution is 2.39. The molecule has 0 saturated carbocycles. The van der Waals surface area contributed by atoms with E-state index in [9.17, 15) is 8.78 Å². The van der Waals surface area contributed by atoms with Gasteiger partial charge in [-0.2, -0.15) is 9.37 Å². The standard InChI is InChI=1S/C14H11F2N5/c15-10-6-11(9-4-2-1-3-5-9)21-13(10)18-14(19-21)20-7-12(16)17-8-20/h1-5,7-8,10-11H,6H2/t10?,11-/m0/s1. The second-order valence-corrected chi connectivity index (χ2v) is 4.95. The van der Waals surface area contributed by atoms with Crippen molar-refractivity contribution >= 4 is 0 Å². The Morgan fingerprint density at radius 2 is 2.00 bits per heavy atom. The number of fused-ring (bicyclic) bond motifs is 1. The molecule has 0 fully saturated rings. The number of hydrogen-bond donors (Lipinski definition) is 0. The van der Waals surface area contributed by atoms with Crippen LogP contribution < -0.4 is 0 Å². The minimum Gasteiger partial charge on any atom is -0.270 e. The van der Waals surface area contributed by atoms with Crippen LogP contribution in [0.25, 0.3) is 5.95 Å². The molecule has 4 rings (SSSR count). The molecule has 0 N–H and O–H groups in total. The number of rotatable bonds is 2. The molecule has 3 aromatic rings. The number of halogens is 2. The molecule has 5 nitrogen and oxygen atoms in total. The number of aromatic nitrogens is 5. The van der Waals surface area contributed by atoms with Crippen LogP contribution in [0.2, 0.25) is 0 Å². The Kier molecular flexibility index (Phi) is 2.60. The highest BCUT2D eigenvalue weighted by Gasteiger charge is 2.35. The predicted octanol–water partition coefficient (Wildman–Crippen LogP) is 2.61. The number of alkyl halides is 1. The monoisotopic (exact) mass is 287 g/mol. The maximum atomic E-state index is 14.2. The SMILES string of the molecule is Fc1cn(-c2nc3n(n2)[C@H](c2ccccc2)CC3F)cn1. The summed E-state index contributed by atoms with van der Waals surface area (Å²) in [7, 11) is 0. The smallest absolute Gasteiger partial charge is 0.254 e. The van der Waals surface area contributed by atoms with Crippen LogP contribution >= 0.6 is 0 Å². The summed E-state index contributed by atoms with van der Waals surface area (Å²) in [4.78, 5) is 7.65. The third-order valence-corrected chi connectivity index (χ3v) is 3.62. The van der Waals surface area contributed by atoms with E-state index in [0.29, 0.717) is 6.42 Å². The van der Waals surface area contributed by atoms with Crippen LogP contribution in [0.3, 0.4) is 0 Å². The van der Waals surface area contributed by atoms with Gasteiger partial charge in [0.15, 0.2) is 12.0 Å². The summed E-state index contributed by atoms with van der Waals surface area (Å²) < 4.78 is 30.0. The summed E-state index contributed by atoms with van der Waals surface area (Å²) in [5, 5.41) is 4.30. The van der Waals surface area contributed by atoms with E-state index in [-0.39, 0.29) is 17.8 Å². The fourth-order valence-corrected chi connectivity index (χ4v) is 2.64. The lowest BCUT2D eigenvalue weighted by atomic mass is 10.0. The van der Waals surface area contributed by atoms with E-state index in [0.717, 1.165) is 11.8 Å². The van der Waals surface area contributed by atoms with Gasteiger partial charge in [-0.15, -0.1) is 5.10 Å². The van der Waals surface area contributed by atoms with Crippen LogP contribution in [0.5, 0.6) is 0 Å². The molecule has 0 aliphatic carbocycles. The van der Waals surface area contributed by atoms with Crippen LogP contribution in [0, 0.1) is 5.95 Å². The maximum Gasteiger partial charge on any atom is 0.254 e. The van der Waals surface area contributed by atoms with Crippen molar-refractivity contribution in [3.63, 3.8) is 0 Å². The van der Waals surface area contributed by atoms with Crippen LogP contribution in [0.1, 0.15) is 30.0 Å². The minimum atomic E-state index is -1.18. The van der Waals surface area contributed by atoms with Gasteiger partial charge in [0.05, 0.1) is 12.2 Å². The van der Waals surface area contributed by atoms with Crippen molar-refractivity contribution in [1.29, 1.82) is 0 Å². The summed E-state index contributed by atoms with van der Waals surface area (Å²) >= 11 is 0. The molecule has 0 bridgehead atoms. The Morgan fingerprint density at radius 1 is 1.19 bits per heavy atom. The molecule has 0 spiro atoms. The zero-order valence-electron chi connectivity index (χ0n) is 10.9. The Morgan fingerprint density at radius 3 is 2.71 bits per heavy atom. The maximum absolute atomic E-state index is 14.2. The number of nitrogens with zero attached hydrogens (tertiary/aromatic N) is 5. The van der Waals surface area contributed by atoms with Crippen molar-refractivity contribution < 1.29 is 8.78 Å². The van der Waals surface area contributed by atoms with E-state index in [2.05, 4.69) is 15.1 Å². The van der Waals surface area contributed by atoms with Gasteiger partial charge in [-0.1, -0.05) is 30.3 Å². The molecule has 2 atom stereocenters. The minimum absolute atomic E-state index is 0.189. The first-order valence-corrected chi connectivity index (χ1v) is 6.57. The third kappa shape index (κ3) is 1.93. The topological polar surface area (TPSA) is 48.5 Å². The van der Waals surface area contributed by atoms with Gasteiger partial charge in [0, 0.05) is 6.42 Å². The van der Waals surface area contributed by atoms with Crippen LogP contribution in [0.15, 0.2) is 42.9 Å². The lowest BCUT2D eigenvalue weighted by Gasteiger charge is -2.11. The van der Waals surface area contributed by atoms with Crippen LogP contribution in [-0.2, 0) is 0 Å². The van der Waals surface area contributed by atoms with E-state index >= 15 is 0 Å². The van der Waals surface area contributed by atoms with E-state index in [1.54, 1.807) is 4.68 Å². The molecule has 1 unspecified atom stereocenters. The molecule has 0 radical (unpaired) electrons. The van der Waals surface area contributed by atoms with E-state index in [4.69, 9.17) is 0 Å². The number of hydrogen-bond acceptors (Lipinski definition) is 3. The fraction of sp³-hybridized carbons (Fsp3) is 0.214. The Hall–Kier alpha value is -2.57. The molecule has 1 aliphatic heterocycles. The van der Waals surface area contributed by atoms with E-state index < -0.39 is 12.1 Å². The molecule has 0 saturated heterocycles. The zero-order chi connectivity index (χ0) is 14.4. The summed E-state index contributed by atoms with van der Waals surface area (Å²) in [6.45, 7) is 0. The Balaban J connectivity index is 1.77. The van der Waals surface area contributed by atoms with Crippen molar-refractivity contribution in [2.45, 2.75) is 18.6 Å². The molecule has 3 heterocycles. The second-order valence-electron chi connectivity index (χ2n) is 4.95. The Labute approximate surface area is 118 Å². The summed E-state index contributed by atoms with van der Waals surface area (Å²) in [5.74, 6) is -0.126. The zero-order valence-corrected chi connectivity index (χ0v) is 10.9. The van der Waals surface area contributed by atoms with Crippen molar-refractivity contribution in [3.05, 3.63) is 60.2 Å². The average Bonchev–Trinajstić information content (AvgIpc) is 3.17. The van der Waals surface area contributed by atoms with Crippen LogP contribution in [-0.4, -0.2) is 24.3 Å². The molecule has 1 aliphatic rings. The Bertz CT molecular complexity index is 780. The van der Waals surface area contributed by atoms with Gasteiger partial charge in [-0.25, -0.2) is 14.1 Å². The molecule has 7 heteroatoms. The summed E-state index contributed by atoms with van der Waals surface area (Å²) in [6, 6.07) is 9.40. The van der Waals surface area contributed by atoms with Gasteiger partial charge in [0.25, 0.3) is 5.95 Å². The fourth-order valence-electron chi connectivity index (χ4n) is 2.64. The van der Waals surface area contributed by atoms with Gasteiger partial charge >= 0.3 is 0 Å². The van der Waals surface area contributed by atoms with Gasteiger partial charge in [0.2, 0.25) is 5.95 Å². The average molecular weight is 287 g/mol. The first kappa shape index (κ1) is 12.2. The van der Waals surface area contributed by atoms with Gasteiger partial charge in [-0.05, 0) is 5.56 Å². The molecule has 2 aromatic heterocycles.